The minimum Gasteiger partial charge on any atom is -0.481 e. The van der Waals surface area contributed by atoms with Crippen LogP contribution < -0.4 is 10.6 Å². The highest BCUT2D eigenvalue weighted by atomic mass is 32.1. The molecule has 0 saturated carbocycles. The van der Waals surface area contributed by atoms with Gasteiger partial charge in [0, 0.05) is 37.9 Å². The molecule has 3 rings (SSSR count). The molecule has 1 saturated heterocycles. The van der Waals surface area contributed by atoms with E-state index in [4.69, 9.17) is 4.74 Å². The van der Waals surface area contributed by atoms with Gasteiger partial charge in [0.25, 0.3) is 5.91 Å². The molecule has 1 aromatic carbocycles. The second-order valence-corrected chi connectivity index (χ2v) is 13.7. The molecular formula is C34H49N5O7S. The van der Waals surface area contributed by atoms with Gasteiger partial charge in [0.1, 0.15) is 10.7 Å². The van der Waals surface area contributed by atoms with Gasteiger partial charge in [-0.2, -0.15) is 0 Å². The first-order valence-electron chi connectivity index (χ1n) is 16.2. The molecular weight excluding hydrogens is 622 g/mol. The van der Waals surface area contributed by atoms with Crippen molar-refractivity contribution in [1.29, 1.82) is 0 Å². The van der Waals surface area contributed by atoms with Crippen LogP contribution in [0.2, 0.25) is 0 Å². The third kappa shape index (κ3) is 11.4. The van der Waals surface area contributed by atoms with Crippen LogP contribution in [0.15, 0.2) is 35.7 Å². The van der Waals surface area contributed by atoms with E-state index in [1.165, 1.54) is 18.3 Å². The van der Waals surface area contributed by atoms with Crippen LogP contribution >= 0.6 is 11.3 Å². The second-order valence-electron chi connectivity index (χ2n) is 12.8. The SMILES string of the molecule is CC(=O)O[C@H](CC(C(C)C)N(C)C(=O)CNC(=O)C1CCCCN1C)c1nc(C(=O)N[C@@H](Cc2ccccc2)C[C@H](C)C(=O)O)cs1. The molecule has 1 aliphatic rings. The number of hydrogen-bond donors (Lipinski definition) is 3. The van der Waals surface area contributed by atoms with Crippen molar-refractivity contribution in [3.63, 3.8) is 0 Å². The molecule has 1 aromatic heterocycles. The van der Waals surface area contributed by atoms with E-state index in [-0.39, 0.29) is 54.9 Å². The summed E-state index contributed by atoms with van der Waals surface area (Å²) in [6, 6.07) is 8.44. The smallest absolute Gasteiger partial charge is 0.306 e. The van der Waals surface area contributed by atoms with Crippen molar-refractivity contribution >= 4 is 41.0 Å². The summed E-state index contributed by atoms with van der Waals surface area (Å²) in [5, 5.41) is 17.2. The van der Waals surface area contributed by atoms with E-state index in [1.807, 2.05) is 56.1 Å². The molecule has 2 aromatic rings. The lowest BCUT2D eigenvalue weighted by molar-refractivity contribution is -0.148. The summed E-state index contributed by atoms with van der Waals surface area (Å²) in [5.41, 5.74) is 1.09. The summed E-state index contributed by atoms with van der Waals surface area (Å²) in [6.45, 7) is 7.52. The standard InChI is InChI=1S/C34H49N5O7S/c1-21(2)28(39(6)30(41)19-35-32(43)27-14-10-11-15-38(27)5)18-29(46-23(4)40)33-37-26(20-47-33)31(42)36-25(16-22(3)34(44)45)17-24-12-8-7-9-13-24/h7-9,12-13,20-22,25,27-29H,10-11,14-19H2,1-6H3,(H,35,43)(H,36,42)(H,44,45)/t22-,25+,27?,28?,29+/m0/s1. The number of likely N-dealkylation sites (tertiary alicyclic amines) is 1. The molecule has 0 bridgehead atoms. The maximum Gasteiger partial charge on any atom is 0.306 e. The number of amides is 3. The quantitative estimate of drug-likeness (QED) is 0.227. The van der Waals surface area contributed by atoms with Gasteiger partial charge in [-0.3, -0.25) is 28.9 Å². The number of carbonyl (C=O) groups excluding carboxylic acids is 4. The Labute approximate surface area is 281 Å². The van der Waals surface area contributed by atoms with Gasteiger partial charge < -0.3 is 25.4 Å². The first-order valence-corrected chi connectivity index (χ1v) is 17.1. The Kier molecular flexibility index (Phi) is 14.3. The lowest BCUT2D eigenvalue weighted by Gasteiger charge is -2.34. The summed E-state index contributed by atoms with van der Waals surface area (Å²) in [6.07, 6.45) is 2.88. The molecule has 2 heterocycles. The Morgan fingerprint density at radius 3 is 2.43 bits per heavy atom. The van der Waals surface area contributed by atoms with E-state index < -0.39 is 35.9 Å². The number of aromatic nitrogens is 1. The number of aliphatic carboxylic acids is 1. The number of ether oxygens (including phenoxy) is 1. The number of esters is 1. The minimum absolute atomic E-state index is 0.0279. The number of carbonyl (C=O) groups is 5. The minimum atomic E-state index is -0.945. The molecule has 13 heteroatoms. The van der Waals surface area contributed by atoms with Crippen LogP contribution in [-0.2, 0) is 30.3 Å². The van der Waals surface area contributed by atoms with Gasteiger partial charge in [-0.05, 0) is 50.8 Å². The van der Waals surface area contributed by atoms with Crippen LogP contribution in [0.5, 0.6) is 0 Å². The summed E-state index contributed by atoms with van der Waals surface area (Å²) >= 11 is 1.17. The van der Waals surface area contributed by atoms with Gasteiger partial charge in [0.2, 0.25) is 11.8 Å². The molecule has 0 aliphatic carbocycles. The van der Waals surface area contributed by atoms with Crippen LogP contribution in [0.1, 0.15) is 87.0 Å². The monoisotopic (exact) mass is 671 g/mol. The van der Waals surface area contributed by atoms with E-state index >= 15 is 0 Å². The Balaban J connectivity index is 1.71. The molecule has 0 spiro atoms. The predicted octanol–water partition coefficient (Wildman–Crippen LogP) is 3.67. The van der Waals surface area contributed by atoms with Gasteiger partial charge in [-0.25, -0.2) is 4.98 Å². The fourth-order valence-electron chi connectivity index (χ4n) is 5.91. The van der Waals surface area contributed by atoms with Crippen LogP contribution in [0.25, 0.3) is 0 Å². The predicted molar refractivity (Wildman–Crippen MR) is 179 cm³/mol. The maximum atomic E-state index is 13.3. The molecule has 3 amide bonds. The lowest BCUT2D eigenvalue weighted by Crippen LogP contribution is -2.51. The molecule has 0 radical (unpaired) electrons. The fourth-order valence-corrected chi connectivity index (χ4v) is 6.75. The Hall–Kier alpha value is -3.84. The van der Waals surface area contributed by atoms with E-state index in [0.29, 0.717) is 11.4 Å². The molecule has 1 aliphatic heterocycles. The van der Waals surface area contributed by atoms with Crippen molar-refractivity contribution < 1.29 is 33.8 Å². The first kappa shape index (κ1) is 37.6. The Morgan fingerprint density at radius 1 is 1.11 bits per heavy atom. The number of nitrogens with zero attached hydrogens (tertiary/aromatic N) is 3. The number of piperidine rings is 1. The topological polar surface area (TPSA) is 158 Å². The van der Waals surface area contributed by atoms with Crippen molar-refractivity contribution in [2.75, 3.05) is 27.2 Å². The fraction of sp³-hybridized carbons (Fsp3) is 0.588. The van der Waals surface area contributed by atoms with E-state index in [0.717, 1.165) is 31.4 Å². The summed E-state index contributed by atoms with van der Waals surface area (Å²) in [7, 11) is 3.58. The Morgan fingerprint density at radius 2 is 1.81 bits per heavy atom. The number of nitrogens with one attached hydrogen (secondary N) is 2. The van der Waals surface area contributed by atoms with Gasteiger partial charge in [-0.15, -0.1) is 11.3 Å². The highest BCUT2D eigenvalue weighted by Crippen LogP contribution is 2.30. The maximum absolute atomic E-state index is 13.3. The van der Waals surface area contributed by atoms with Crippen LogP contribution in [-0.4, -0.2) is 94.9 Å². The second kappa shape index (κ2) is 17.9. The normalized spacial score (nSPS) is 17.6. The van der Waals surface area contributed by atoms with Gasteiger partial charge in [0.15, 0.2) is 6.10 Å². The van der Waals surface area contributed by atoms with Crippen molar-refractivity contribution in [2.24, 2.45) is 11.8 Å². The molecule has 258 valence electrons. The lowest BCUT2D eigenvalue weighted by atomic mass is 9.96. The summed E-state index contributed by atoms with van der Waals surface area (Å²) < 4.78 is 5.67. The molecule has 2 unspecified atom stereocenters. The number of hydrogen-bond acceptors (Lipinski definition) is 9. The molecule has 3 N–H and O–H groups in total. The van der Waals surface area contributed by atoms with E-state index in [1.54, 1.807) is 24.3 Å². The summed E-state index contributed by atoms with van der Waals surface area (Å²) in [4.78, 5) is 71.2. The number of carboxylic acid groups (broad SMARTS) is 1. The van der Waals surface area contributed by atoms with Crippen LogP contribution in [0.4, 0.5) is 0 Å². The number of likely N-dealkylation sites (N-methyl/N-ethyl adjacent to an activating group) is 2. The number of benzene rings is 1. The largest absolute Gasteiger partial charge is 0.481 e. The number of thiazole rings is 1. The zero-order chi connectivity index (χ0) is 34.7. The molecule has 1 fully saturated rings. The molecule has 5 atom stereocenters. The molecule has 47 heavy (non-hydrogen) atoms. The van der Waals surface area contributed by atoms with Gasteiger partial charge >= 0.3 is 11.9 Å². The average molecular weight is 672 g/mol. The molecule has 12 nitrogen and oxygen atoms in total. The van der Waals surface area contributed by atoms with Crippen molar-refractivity contribution in [1.82, 2.24) is 25.4 Å². The van der Waals surface area contributed by atoms with Crippen molar-refractivity contribution in [3.05, 3.63) is 52.0 Å². The van der Waals surface area contributed by atoms with Crippen molar-refractivity contribution in [3.8, 4) is 0 Å². The third-order valence-electron chi connectivity index (χ3n) is 8.66. The van der Waals surface area contributed by atoms with Gasteiger partial charge in [0.05, 0.1) is 18.5 Å². The Bertz CT molecular complexity index is 1370. The highest BCUT2D eigenvalue weighted by Gasteiger charge is 2.32. The third-order valence-corrected chi connectivity index (χ3v) is 9.60. The number of rotatable bonds is 16. The zero-order valence-corrected chi connectivity index (χ0v) is 29.0. The van der Waals surface area contributed by atoms with E-state index in [2.05, 4.69) is 15.6 Å². The zero-order valence-electron chi connectivity index (χ0n) is 28.2. The van der Waals surface area contributed by atoms with Crippen molar-refractivity contribution in [2.45, 2.75) is 90.4 Å². The van der Waals surface area contributed by atoms with E-state index in [9.17, 15) is 29.1 Å². The summed E-state index contributed by atoms with van der Waals surface area (Å²) in [5.74, 6) is -3.05. The van der Waals surface area contributed by atoms with Gasteiger partial charge in [-0.1, -0.05) is 57.5 Å². The average Bonchev–Trinajstić information content (AvgIpc) is 3.52. The first-order chi connectivity index (χ1) is 22.3. The number of carboxylic acids is 1. The highest BCUT2D eigenvalue weighted by molar-refractivity contribution is 7.09. The van der Waals surface area contributed by atoms with Crippen LogP contribution in [0, 0.1) is 11.8 Å². The van der Waals surface area contributed by atoms with Crippen LogP contribution in [0.3, 0.4) is 0 Å².